The zero-order valence-electron chi connectivity index (χ0n) is 13.4. The van der Waals surface area contributed by atoms with Crippen LogP contribution in [0.5, 0.6) is 17.2 Å². The van der Waals surface area contributed by atoms with E-state index in [4.69, 9.17) is 14.2 Å². The zero-order valence-corrected chi connectivity index (χ0v) is 13.4. The molecule has 1 aliphatic heterocycles. The fraction of sp³-hybridized carbons (Fsp3) is 0.222. The predicted molar refractivity (Wildman–Crippen MR) is 87.9 cm³/mol. The Morgan fingerprint density at radius 1 is 1.12 bits per heavy atom. The van der Waals surface area contributed by atoms with E-state index in [0.29, 0.717) is 34.1 Å². The number of Topliss-reactive ketones (excluding diaryl/α,β-unsaturated/α-hetero) is 1. The molecular weight excluding hydrogens is 310 g/mol. The Hall–Kier alpha value is -3.02. The number of hydrogen-bond donors (Lipinski definition) is 1. The smallest absolute Gasteiger partial charge is 0.231 e. The molecule has 0 spiro atoms. The summed E-state index contributed by atoms with van der Waals surface area (Å²) in [4.78, 5) is 23.8. The molecule has 0 saturated carbocycles. The number of methoxy groups -OCH3 is 1. The molecule has 0 radical (unpaired) electrons. The van der Waals surface area contributed by atoms with Gasteiger partial charge in [-0.3, -0.25) is 9.59 Å². The predicted octanol–water partition coefficient (Wildman–Crippen LogP) is 2.81. The van der Waals surface area contributed by atoms with Crippen molar-refractivity contribution in [3.05, 3.63) is 47.5 Å². The number of ether oxygens (including phenoxy) is 3. The molecule has 1 N–H and O–H groups in total. The van der Waals surface area contributed by atoms with Gasteiger partial charge in [-0.15, -0.1) is 0 Å². The third-order valence-corrected chi connectivity index (χ3v) is 3.69. The third kappa shape index (κ3) is 3.32. The highest BCUT2D eigenvalue weighted by Crippen LogP contribution is 2.34. The van der Waals surface area contributed by atoms with Gasteiger partial charge in [-0.05, 0) is 37.3 Å². The third-order valence-electron chi connectivity index (χ3n) is 3.69. The van der Waals surface area contributed by atoms with Gasteiger partial charge in [0.25, 0.3) is 0 Å². The Morgan fingerprint density at radius 2 is 1.92 bits per heavy atom. The normalized spacial score (nSPS) is 11.9. The van der Waals surface area contributed by atoms with Crippen LogP contribution in [0.15, 0.2) is 36.4 Å². The standard InChI is InChI=1S/C18H17NO5/c1-11(20)12-3-5-15(22-2)13(7-12)8-18(21)19-14-4-6-16-17(9-14)24-10-23-16/h3-7,9H,8,10H2,1-2H3,(H,19,21). The van der Waals surface area contributed by atoms with Crippen molar-refractivity contribution in [2.24, 2.45) is 0 Å². The van der Waals surface area contributed by atoms with Gasteiger partial charge in [0.2, 0.25) is 12.7 Å². The van der Waals surface area contributed by atoms with E-state index in [-0.39, 0.29) is 24.9 Å². The van der Waals surface area contributed by atoms with Crippen LogP contribution in [0.1, 0.15) is 22.8 Å². The molecule has 6 nitrogen and oxygen atoms in total. The molecule has 0 aliphatic carbocycles. The van der Waals surface area contributed by atoms with E-state index >= 15 is 0 Å². The molecular formula is C18H17NO5. The average molecular weight is 327 g/mol. The zero-order chi connectivity index (χ0) is 17.1. The lowest BCUT2D eigenvalue weighted by Gasteiger charge is -2.11. The van der Waals surface area contributed by atoms with Crippen molar-refractivity contribution in [2.45, 2.75) is 13.3 Å². The molecule has 3 rings (SSSR count). The highest BCUT2D eigenvalue weighted by molar-refractivity contribution is 5.96. The SMILES string of the molecule is COc1ccc(C(C)=O)cc1CC(=O)Nc1ccc2c(c1)OCO2. The minimum Gasteiger partial charge on any atom is -0.496 e. The molecule has 1 heterocycles. The number of nitrogens with one attached hydrogen (secondary N) is 1. The van der Waals surface area contributed by atoms with Gasteiger partial charge in [0.05, 0.1) is 13.5 Å². The number of fused-ring (bicyclic) bond motifs is 1. The second kappa shape index (κ2) is 6.62. The summed E-state index contributed by atoms with van der Waals surface area (Å²) < 4.78 is 15.8. The van der Waals surface area contributed by atoms with Crippen LogP contribution in [0.3, 0.4) is 0 Å². The fourth-order valence-electron chi connectivity index (χ4n) is 2.49. The number of rotatable bonds is 5. The summed E-state index contributed by atoms with van der Waals surface area (Å²) in [6.07, 6.45) is 0.0960. The maximum Gasteiger partial charge on any atom is 0.231 e. The maximum absolute atomic E-state index is 12.3. The highest BCUT2D eigenvalue weighted by atomic mass is 16.7. The lowest BCUT2D eigenvalue weighted by atomic mass is 10.0. The van der Waals surface area contributed by atoms with Gasteiger partial charge in [0.15, 0.2) is 17.3 Å². The number of hydrogen-bond acceptors (Lipinski definition) is 5. The first-order chi connectivity index (χ1) is 11.6. The van der Waals surface area contributed by atoms with Gasteiger partial charge in [0.1, 0.15) is 5.75 Å². The lowest BCUT2D eigenvalue weighted by molar-refractivity contribution is -0.115. The topological polar surface area (TPSA) is 73.9 Å². The summed E-state index contributed by atoms with van der Waals surface area (Å²) in [5, 5.41) is 2.81. The Kier molecular flexibility index (Phi) is 4.37. The molecule has 2 aromatic carbocycles. The fourth-order valence-corrected chi connectivity index (χ4v) is 2.49. The van der Waals surface area contributed by atoms with Crippen LogP contribution in [0, 0.1) is 0 Å². The van der Waals surface area contributed by atoms with Crippen molar-refractivity contribution in [1.29, 1.82) is 0 Å². The number of carbonyl (C=O) groups is 2. The first kappa shape index (κ1) is 15.9. The van der Waals surface area contributed by atoms with Gasteiger partial charge >= 0.3 is 0 Å². The Balaban J connectivity index is 1.75. The first-order valence-corrected chi connectivity index (χ1v) is 7.44. The molecule has 0 bridgehead atoms. The van der Waals surface area contributed by atoms with Gasteiger partial charge in [-0.1, -0.05) is 0 Å². The Morgan fingerprint density at radius 3 is 2.67 bits per heavy atom. The summed E-state index contributed by atoms with van der Waals surface area (Å²) in [5.41, 5.74) is 1.82. The van der Waals surface area contributed by atoms with Crippen molar-refractivity contribution in [3.8, 4) is 17.2 Å². The van der Waals surface area contributed by atoms with E-state index in [1.54, 1.807) is 36.4 Å². The first-order valence-electron chi connectivity index (χ1n) is 7.44. The Bertz CT molecular complexity index is 800. The van der Waals surface area contributed by atoms with Crippen molar-refractivity contribution in [3.63, 3.8) is 0 Å². The molecule has 2 aromatic rings. The van der Waals surface area contributed by atoms with Gasteiger partial charge < -0.3 is 19.5 Å². The Labute approximate surface area is 139 Å². The minimum absolute atomic E-state index is 0.0601. The summed E-state index contributed by atoms with van der Waals surface area (Å²) in [5.74, 6) is 1.55. The molecule has 0 fully saturated rings. The van der Waals surface area contributed by atoms with Crippen LogP contribution in [0.25, 0.3) is 0 Å². The van der Waals surface area contributed by atoms with E-state index in [1.807, 2.05) is 0 Å². The molecule has 1 amide bonds. The van der Waals surface area contributed by atoms with Gasteiger partial charge in [0, 0.05) is 22.9 Å². The van der Waals surface area contributed by atoms with Crippen molar-refractivity contribution >= 4 is 17.4 Å². The molecule has 0 aromatic heterocycles. The minimum atomic E-state index is -0.215. The van der Waals surface area contributed by atoms with Gasteiger partial charge in [-0.25, -0.2) is 0 Å². The van der Waals surface area contributed by atoms with Crippen LogP contribution in [0.4, 0.5) is 5.69 Å². The van der Waals surface area contributed by atoms with Crippen LogP contribution >= 0.6 is 0 Å². The number of ketones is 1. The number of benzene rings is 2. The second-order valence-corrected chi connectivity index (χ2v) is 5.38. The second-order valence-electron chi connectivity index (χ2n) is 5.38. The summed E-state index contributed by atoms with van der Waals surface area (Å²) in [6, 6.07) is 10.3. The molecule has 0 unspecified atom stereocenters. The van der Waals surface area contributed by atoms with Crippen LogP contribution in [0.2, 0.25) is 0 Å². The average Bonchev–Trinajstić information content (AvgIpc) is 3.02. The monoisotopic (exact) mass is 327 g/mol. The maximum atomic E-state index is 12.3. The van der Waals surface area contributed by atoms with Crippen LogP contribution < -0.4 is 19.5 Å². The molecule has 24 heavy (non-hydrogen) atoms. The van der Waals surface area contributed by atoms with E-state index in [2.05, 4.69) is 5.32 Å². The summed E-state index contributed by atoms with van der Waals surface area (Å²) in [6.45, 7) is 1.67. The van der Waals surface area contributed by atoms with Crippen LogP contribution in [-0.4, -0.2) is 25.6 Å². The summed E-state index contributed by atoms with van der Waals surface area (Å²) in [7, 11) is 1.53. The molecule has 0 atom stereocenters. The van der Waals surface area contributed by atoms with Crippen molar-refractivity contribution in [1.82, 2.24) is 0 Å². The lowest BCUT2D eigenvalue weighted by Crippen LogP contribution is -2.15. The molecule has 6 heteroatoms. The molecule has 0 saturated heterocycles. The highest BCUT2D eigenvalue weighted by Gasteiger charge is 2.15. The number of carbonyl (C=O) groups excluding carboxylic acids is 2. The number of anilines is 1. The van der Waals surface area contributed by atoms with Crippen molar-refractivity contribution in [2.75, 3.05) is 19.2 Å². The van der Waals surface area contributed by atoms with Gasteiger partial charge in [-0.2, -0.15) is 0 Å². The molecule has 124 valence electrons. The van der Waals surface area contributed by atoms with E-state index in [0.717, 1.165) is 0 Å². The van der Waals surface area contributed by atoms with E-state index in [9.17, 15) is 9.59 Å². The quantitative estimate of drug-likeness (QED) is 0.855. The number of amides is 1. The van der Waals surface area contributed by atoms with E-state index in [1.165, 1.54) is 14.0 Å². The van der Waals surface area contributed by atoms with E-state index < -0.39 is 0 Å². The molecule has 1 aliphatic rings. The summed E-state index contributed by atoms with van der Waals surface area (Å²) >= 11 is 0. The van der Waals surface area contributed by atoms with Crippen molar-refractivity contribution < 1.29 is 23.8 Å². The largest absolute Gasteiger partial charge is 0.496 e. The van der Waals surface area contributed by atoms with Crippen LogP contribution in [-0.2, 0) is 11.2 Å².